The molecule has 0 atom stereocenters. The summed E-state index contributed by atoms with van der Waals surface area (Å²) in [6.07, 6.45) is 0. The zero-order chi connectivity index (χ0) is 21.7. The molecule has 30 heavy (non-hydrogen) atoms. The largest absolute Gasteiger partial charge is 0.497 e. The van der Waals surface area contributed by atoms with Gasteiger partial charge in [0.25, 0.3) is 15.9 Å². The Kier molecular flexibility index (Phi) is 7.31. The zero-order valence-electron chi connectivity index (χ0n) is 15.8. The summed E-state index contributed by atoms with van der Waals surface area (Å²) in [5, 5.41) is 0.977. The number of sulfonamides is 1. The summed E-state index contributed by atoms with van der Waals surface area (Å²) in [5.74, 6) is -0.124. The number of amides is 1. The van der Waals surface area contributed by atoms with Crippen LogP contribution in [-0.2, 0) is 14.8 Å². The van der Waals surface area contributed by atoms with Gasteiger partial charge in [-0.3, -0.25) is 4.79 Å². The van der Waals surface area contributed by atoms with E-state index in [9.17, 15) is 13.2 Å². The minimum atomic E-state index is -4.15. The second-order valence-electron chi connectivity index (χ2n) is 6.06. The molecule has 0 spiro atoms. The molecule has 3 aromatic carbocycles. The predicted molar refractivity (Wildman–Crippen MR) is 121 cm³/mol. The lowest BCUT2D eigenvalue weighted by Crippen LogP contribution is -2.38. The van der Waals surface area contributed by atoms with Gasteiger partial charge in [-0.2, -0.15) is 0 Å². The van der Waals surface area contributed by atoms with E-state index in [1.807, 2.05) is 0 Å². The highest BCUT2D eigenvalue weighted by molar-refractivity contribution is 8.00. The lowest BCUT2D eigenvalue weighted by Gasteiger charge is -2.23. The molecule has 0 radical (unpaired) electrons. The first-order valence-electron chi connectivity index (χ1n) is 8.67. The van der Waals surface area contributed by atoms with Crippen LogP contribution in [0.5, 0.6) is 5.75 Å². The Morgan fingerprint density at radius 1 is 0.900 bits per heavy atom. The van der Waals surface area contributed by atoms with Crippen molar-refractivity contribution in [3.8, 4) is 5.75 Å². The maximum absolute atomic E-state index is 13.3. The molecule has 0 aromatic heterocycles. The van der Waals surface area contributed by atoms with E-state index < -0.39 is 15.9 Å². The number of ether oxygens (including phenoxy) is 1. The third-order valence-corrected chi connectivity index (χ3v) is 7.33. The molecule has 9 heteroatoms. The van der Waals surface area contributed by atoms with Crippen molar-refractivity contribution in [2.75, 3.05) is 17.2 Å². The Balaban J connectivity index is 1.94. The molecule has 0 aliphatic rings. The first-order chi connectivity index (χ1) is 14.3. The average Bonchev–Trinajstić information content (AvgIpc) is 2.74. The molecule has 0 bridgehead atoms. The number of carbonyl (C=O) groups excluding carboxylic acids is 1. The smallest absolute Gasteiger partial charge is 0.270 e. The van der Waals surface area contributed by atoms with E-state index in [-0.39, 0.29) is 16.3 Å². The first-order valence-corrected chi connectivity index (χ1v) is 11.9. The highest BCUT2D eigenvalue weighted by atomic mass is 35.5. The topological polar surface area (TPSA) is 63.7 Å². The summed E-state index contributed by atoms with van der Waals surface area (Å²) in [5.41, 5.74) is 0.215. The summed E-state index contributed by atoms with van der Waals surface area (Å²) in [6, 6.07) is 18.9. The lowest BCUT2D eigenvalue weighted by molar-refractivity contribution is -0.115. The molecule has 0 fully saturated rings. The number of methoxy groups -OCH3 is 1. The van der Waals surface area contributed by atoms with Crippen LogP contribution >= 0.6 is 35.0 Å². The number of halogens is 2. The number of hydrogen-bond donors (Lipinski definition) is 0. The van der Waals surface area contributed by atoms with Gasteiger partial charge in [0.15, 0.2) is 0 Å². The normalized spacial score (nSPS) is 11.2. The summed E-state index contributed by atoms with van der Waals surface area (Å²) in [6.45, 7) is 0. The van der Waals surface area contributed by atoms with E-state index in [1.54, 1.807) is 36.4 Å². The quantitative estimate of drug-likeness (QED) is 0.415. The third-order valence-electron chi connectivity index (χ3n) is 4.06. The number of rotatable bonds is 7. The summed E-state index contributed by atoms with van der Waals surface area (Å²) >= 11 is 13.0. The van der Waals surface area contributed by atoms with Gasteiger partial charge in [-0.25, -0.2) is 12.7 Å². The van der Waals surface area contributed by atoms with Crippen LogP contribution in [0.2, 0.25) is 10.0 Å². The molecule has 0 unspecified atom stereocenters. The molecule has 0 aliphatic carbocycles. The number of carbonyl (C=O) groups is 1. The Morgan fingerprint density at radius 2 is 1.43 bits per heavy atom. The molecule has 156 valence electrons. The molecule has 0 N–H and O–H groups in total. The third kappa shape index (κ3) is 5.29. The van der Waals surface area contributed by atoms with Crippen molar-refractivity contribution < 1.29 is 17.9 Å². The van der Waals surface area contributed by atoms with Gasteiger partial charge >= 0.3 is 0 Å². The molecule has 1 amide bonds. The van der Waals surface area contributed by atoms with Gasteiger partial charge in [0.2, 0.25) is 0 Å². The monoisotopic (exact) mass is 481 g/mol. The van der Waals surface area contributed by atoms with Gasteiger partial charge in [0.05, 0.1) is 23.4 Å². The minimum absolute atomic E-state index is 0.0347. The van der Waals surface area contributed by atoms with Gasteiger partial charge in [-0.05, 0) is 72.8 Å². The number of nitrogens with zero attached hydrogens (tertiary/aromatic N) is 1. The van der Waals surface area contributed by atoms with Crippen molar-refractivity contribution in [1.82, 2.24) is 0 Å². The van der Waals surface area contributed by atoms with Crippen molar-refractivity contribution in [2.24, 2.45) is 0 Å². The predicted octanol–water partition coefficient (Wildman–Crippen LogP) is 5.52. The zero-order valence-corrected chi connectivity index (χ0v) is 18.9. The molecule has 3 aromatic rings. The van der Waals surface area contributed by atoms with Crippen molar-refractivity contribution in [3.05, 3.63) is 82.8 Å². The second-order valence-corrected chi connectivity index (χ2v) is 9.77. The highest BCUT2D eigenvalue weighted by Gasteiger charge is 2.31. The van der Waals surface area contributed by atoms with Crippen LogP contribution < -0.4 is 9.04 Å². The molecule has 0 saturated heterocycles. The van der Waals surface area contributed by atoms with Crippen molar-refractivity contribution in [3.63, 3.8) is 0 Å². The van der Waals surface area contributed by atoms with Crippen LogP contribution in [0.3, 0.4) is 0 Å². The fourth-order valence-electron chi connectivity index (χ4n) is 2.58. The van der Waals surface area contributed by atoms with Crippen molar-refractivity contribution in [2.45, 2.75) is 9.79 Å². The fraction of sp³-hybridized carbons (Fsp3) is 0.0952. The maximum atomic E-state index is 13.3. The standard InChI is InChI=1S/C21H17Cl2NO4S2/c1-28-18-8-6-17(7-9-18)24(30(26,27)20-12-4-16(23)5-13-20)21(25)14-29-19-10-2-15(22)3-11-19/h2-13H,14H2,1H3. The van der Waals surface area contributed by atoms with E-state index >= 15 is 0 Å². The molecular formula is C21H17Cl2NO4S2. The van der Waals surface area contributed by atoms with Crippen molar-refractivity contribution in [1.29, 1.82) is 0 Å². The van der Waals surface area contributed by atoms with Gasteiger partial charge in [-0.15, -0.1) is 11.8 Å². The van der Waals surface area contributed by atoms with Crippen LogP contribution in [0.15, 0.2) is 82.6 Å². The van der Waals surface area contributed by atoms with E-state index in [0.29, 0.717) is 15.8 Å². The van der Waals surface area contributed by atoms with Crippen LogP contribution in [0.4, 0.5) is 5.69 Å². The second kappa shape index (κ2) is 9.75. The van der Waals surface area contributed by atoms with Crippen LogP contribution in [-0.4, -0.2) is 27.2 Å². The van der Waals surface area contributed by atoms with E-state index in [1.165, 1.54) is 55.3 Å². The molecule has 5 nitrogen and oxygen atoms in total. The molecular weight excluding hydrogens is 465 g/mol. The van der Waals surface area contributed by atoms with Crippen LogP contribution in [0.1, 0.15) is 0 Å². The SMILES string of the molecule is COc1ccc(N(C(=O)CSc2ccc(Cl)cc2)S(=O)(=O)c2ccc(Cl)cc2)cc1. The molecule has 3 rings (SSSR count). The summed E-state index contributed by atoms with van der Waals surface area (Å²) in [7, 11) is -2.65. The summed E-state index contributed by atoms with van der Waals surface area (Å²) < 4.78 is 32.5. The Bertz CT molecular complexity index is 1120. The number of thioether (sulfide) groups is 1. The average molecular weight is 482 g/mol. The van der Waals surface area contributed by atoms with E-state index in [0.717, 1.165) is 9.20 Å². The van der Waals surface area contributed by atoms with Gasteiger partial charge in [0.1, 0.15) is 5.75 Å². The van der Waals surface area contributed by atoms with Gasteiger partial charge < -0.3 is 4.74 Å². The first kappa shape index (κ1) is 22.5. The van der Waals surface area contributed by atoms with Crippen LogP contribution in [0, 0.1) is 0 Å². The van der Waals surface area contributed by atoms with Crippen LogP contribution in [0.25, 0.3) is 0 Å². The minimum Gasteiger partial charge on any atom is -0.497 e. The number of benzene rings is 3. The number of anilines is 1. The molecule has 0 saturated carbocycles. The van der Waals surface area contributed by atoms with Gasteiger partial charge in [-0.1, -0.05) is 23.2 Å². The highest BCUT2D eigenvalue weighted by Crippen LogP contribution is 2.29. The summed E-state index contributed by atoms with van der Waals surface area (Å²) in [4.78, 5) is 13.8. The Hall–Kier alpha value is -2.19. The van der Waals surface area contributed by atoms with Crippen molar-refractivity contribution >= 4 is 56.6 Å². The van der Waals surface area contributed by atoms with Gasteiger partial charge in [0, 0.05) is 14.9 Å². The molecule has 0 heterocycles. The number of hydrogen-bond acceptors (Lipinski definition) is 5. The Labute approximate surface area is 189 Å². The Morgan fingerprint density at radius 3 is 1.97 bits per heavy atom. The molecule has 0 aliphatic heterocycles. The maximum Gasteiger partial charge on any atom is 0.270 e. The van der Waals surface area contributed by atoms with E-state index in [4.69, 9.17) is 27.9 Å². The fourth-order valence-corrected chi connectivity index (χ4v) is 5.09. The van der Waals surface area contributed by atoms with E-state index in [2.05, 4.69) is 0 Å². The lowest BCUT2D eigenvalue weighted by atomic mass is 10.3.